The van der Waals surface area contributed by atoms with Crippen molar-refractivity contribution in [2.24, 2.45) is 0 Å². The lowest BCUT2D eigenvalue weighted by Gasteiger charge is -2.16. The highest BCUT2D eigenvalue weighted by Crippen LogP contribution is 2.17. The summed E-state index contributed by atoms with van der Waals surface area (Å²) in [6.45, 7) is 7.91. The second-order valence-corrected chi connectivity index (χ2v) is 5.13. The van der Waals surface area contributed by atoms with Gasteiger partial charge in [0.05, 0.1) is 12.7 Å². The van der Waals surface area contributed by atoms with Crippen molar-refractivity contribution in [2.75, 3.05) is 6.54 Å². The van der Waals surface area contributed by atoms with Crippen molar-refractivity contribution in [3.05, 3.63) is 34.3 Å². The fourth-order valence-corrected chi connectivity index (χ4v) is 1.71. The molecule has 16 heavy (non-hydrogen) atoms. The molecule has 0 aromatic heterocycles. The normalized spacial score (nSPS) is 13.1. The van der Waals surface area contributed by atoms with E-state index in [9.17, 15) is 0 Å². The van der Waals surface area contributed by atoms with Crippen LogP contribution in [0.3, 0.4) is 0 Å². The van der Waals surface area contributed by atoms with Gasteiger partial charge in [0.25, 0.3) is 0 Å². The van der Waals surface area contributed by atoms with E-state index in [4.69, 9.17) is 4.74 Å². The summed E-state index contributed by atoms with van der Waals surface area (Å²) in [5.41, 5.74) is 1.19. The third-order valence-corrected chi connectivity index (χ3v) is 3.07. The lowest BCUT2D eigenvalue weighted by molar-refractivity contribution is 0.0517. The van der Waals surface area contributed by atoms with Crippen LogP contribution in [0.4, 0.5) is 0 Å². The van der Waals surface area contributed by atoms with Gasteiger partial charge < -0.3 is 10.1 Å². The first kappa shape index (κ1) is 13.7. The smallest absolute Gasteiger partial charge is 0.0732 e. The predicted molar refractivity (Wildman–Crippen MR) is 71.5 cm³/mol. The van der Waals surface area contributed by atoms with Gasteiger partial charge in [-0.3, -0.25) is 0 Å². The van der Waals surface area contributed by atoms with Crippen LogP contribution in [0, 0.1) is 0 Å². The zero-order valence-corrected chi connectivity index (χ0v) is 11.8. The Morgan fingerprint density at radius 1 is 1.25 bits per heavy atom. The molecule has 1 aromatic rings. The third kappa shape index (κ3) is 5.10. The summed E-state index contributed by atoms with van der Waals surface area (Å²) in [6, 6.07) is 8.66. The van der Waals surface area contributed by atoms with Crippen molar-refractivity contribution in [3.63, 3.8) is 0 Å². The van der Waals surface area contributed by atoms with Crippen LogP contribution in [0.2, 0.25) is 0 Å². The summed E-state index contributed by atoms with van der Waals surface area (Å²) in [5, 5.41) is 3.36. The van der Waals surface area contributed by atoms with Crippen LogP contribution < -0.4 is 5.32 Å². The molecule has 2 nitrogen and oxygen atoms in total. The molecule has 90 valence electrons. The minimum Gasteiger partial charge on any atom is -0.372 e. The minimum atomic E-state index is 0.231. The number of hydrogen-bond donors (Lipinski definition) is 1. The molecule has 0 radical (unpaired) electrons. The Morgan fingerprint density at radius 3 is 2.56 bits per heavy atom. The Hall–Kier alpha value is -0.380. The highest BCUT2D eigenvalue weighted by Gasteiger charge is 2.05. The van der Waals surface area contributed by atoms with Crippen molar-refractivity contribution in [2.45, 2.75) is 39.5 Å². The molecule has 1 atom stereocenters. The zero-order chi connectivity index (χ0) is 12.0. The Balaban J connectivity index is 2.31. The lowest BCUT2D eigenvalue weighted by atomic mass is 10.2. The topological polar surface area (TPSA) is 21.3 Å². The van der Waals surface area contributed by atoms with E-state index in [-0.39, 0.29) is 6.10 Å². The molecule has 0 amide bonds. The van der Waals surface area contributed by atoms with Gasteiger partial charge in [-0.2, -0.15) is 0 Å². The second-order valence-electron chi connectivity index (χ2n) is 4.28. The van der Waals surface area contributed by atoms with Gasteiger partial charge in [-0.05, 0) is 18.6 Å². The van der Waals surface area contributed by atoms with Crippen LogP contribution in [0.5, 0.6) is 0 Å². The molecule has 1 rings (SSSR count). The molecular formula is C13H20BrNO. The molecule has 1 unspecified atom stereocenters. The van der Waals surface area contributed by atoms with E-state index < -0.39 is 0 Å². The van der Waals surface area contributed by atoms with Crippen LogP contribution in [0.25, 0.3) is 0 Å². The van der Waals surface area contributed by atoms with Crippen molar-refractivity contribution in [3.8, 4) is 0 Å². The van der Waals surface area contributed by atoms with E-state index in [0.29, 0.717) is 12.6 Å². The first-order chi connectivity index (χ1) is 7.59. The van der Waals surface area contributed by atoms with Crippen LogP contribution >= 0.6 is 15.9 Å². The predicted octanol–water partition coefficient (Wildman–Crippen LogP) is 3.35. The molecule has 0 saturated heterocycles. The minimum absolute atomic E-state index is 0.231. The maximum atomic E-state index is 5.77. The molecule has 0 saturated carbocycles. The molecule has 0 heterocycles. The highest BCUT2D eigenvalue weighted by atomic mass is 79.9. The fourth-order valence-electron chi connectivity index (χ4n) is 1.31. The molecular weight excluding hydrogens is 266 g/mol. The van der Waals surface area contributed by atoms with E-state index in [2.05, 4.69) is 48.1 Å². The van der Waals surface area contributed by atoms with Crippen LogP contribution in [-0.2, 0) is 11.3 Å². The van der Waals surface area contributed by atoms with E-state index >= 15 is 0 Å². The summed E-state index contributed by atoms with van der Waals surface area (Å²) in [4.78, 5) is 0. The number of rotatable bonds is 6. The van der Waals surface area contributed by atoms with Gasteiger partial charge >= 0.3 is 0 Å². The molecule has 0 aliphatic heterocycles. The molecule has 1 aromatic carbocycles. The maximum Gasteiger partial charge on any atom is 0.0732 e. The number of nitrogens with one attached hydrogen (secondary N) is 1. The van der Waals surface area contributed by atoms with Crippen molar-refractivity contribution in [1.29, 1.82) is 0 Å². The molecule has 0 aliphatic carbocycles. The average Bonchev–Trinajstić information content (AvgIpc) is 2.25. The number of benzene rings is 1. The van der Waals surface area contributed by atoms with Crippen molar-refractivity contribution >= 4 is 15.9 Å². The second kappa shape index (κ2) is 7.05. The average molecular weight is 286 g/mol. The number of ether oxygens (including phenoxy) is 1. The molecule has 0 fully saturated rings. The fraction of sp³-hybridized carbons (Fsp3) is 0.538. The lowest BCUT2D eigenvalue weighted by Crippen LogP contribution is -2.31. The Kier molecular flexibility index (Phi) is 6.03. The van der Waals surface area contributed by atoms with Crippen LogP contribution in [-0.4, -0.2) is 18.7 Å². The quantitative estimate of drug-likeness (QED) is 0.866. The Morgan fingerprint density at radius 2 is 1.94 bits per heavy atom. The van der Waals surface area contributed by atoms with Crippen molar-refractivity contribution in [1.82, 2.24) is 5.32 Å². The highest BCUT2D eigenvalue weighted by molar-refractivity contribution is 9.10. The van der Waals surface area contributed by atoms with E-state index in [1.807, 2.05) is 18.2 Å². The van der Waals surface area contributed by atoms with Crippen LogP contribution in [0.15, 0.2) is 28.7 Å². The summed E-state index contributed by atoms with van der Waals surface area (Å²) >= 11 is 3.51. The maximum absolute atomic E-state index is 5.77. The van der Waals surface area contributed by atoms with Crippen LogP contribution in [0.1, 0.15) is 26.3 Å². The van der Waals surface area contributed by atoms with Crippen molar-refractivity contribution < 1.29 is 4.74 Å². The SMILES string of the molecule is CC(C)NCC(C)OCc1ccccc1Br. The van der Waals surface area contributed by atoms with Gasteiger partial charge in [0.15, 0.2) is 0 Å². The summed E-state index contributed by atoms with van der Waals surface area (Å²) in [6.07, 6.45) is 0.231. The molecule has 1 N–H and O–H groups in total. The summed E-state index contributed by atoms with van der Waals surface area (Å²) in [7, 11) is 0. The number of hydrogen-bond acceptors (Lipinski definition) is 2. The van der Waals surface area contributed by atoms with Gasteiger partial charge in [0.2, 0.25) is 0 Å². The molecule has 0 bridgehead atoms. The molecule has 0 spiro atoms. The summed E-state index contributed by atoms with van der Waals surface area (Å²) < 4.78 is 6.88. The van der Waals surface area contributed by atoms with E-state index in [0.717, 1.165) is 11.0 Å². The van der Waals surface area contributed by atoms with Gasteiger partial charge in [-0.25, -0.2) is 0 Å². The Bertz CT molecular complexity index is 315. The van der Waals surface area contributed by atoms with E-state index in [1.54, 1.807) is 0 Å². The Labute approximate surface area is 107 Å². The molecule has 3 heteroatoms. The van der Waals surface area contributed by atoms with E-state index in [1.165, 1.54) is 5.56 Å². The largest absolute Gasteiger partial charge is 0.372 e. The monoisotopic (exact) mass is 285 g/mol. The van der Waals surface area contributed by atoms with Gasteiger partial charge in [-0.1, -0.05) is 48.0 Å². The standard InChI is InChI=1S/C13H20BrNO/c1-10(2)15-8-11(3)16-9-12-6-4-5-7-13(12)14/h4-7,10-11,15H,8-9H2,1-3H3. The first-order valence-corrected chi connectivity index (χ1v) is 6.47. The third-order valence-electron chi connectivity index (χ3n) is 2.29. The number of halogens is 1. The van der Waals surface area contributed by atoms with Gasteiger partial charge in [0, 0.05) is 17.1 Å². The first-order valence-electron chi connectivity index (χ1n) is 5.68. The molecule has 0 aliphatic rings. The van der Waals surface area contributed by atoms with Gasteiger partial charge in [-0.15, -0.1) is 0 Å². The summed E-state index contributed by atoms with van der Waals surface area (Å²) in [5.74, 6) is 0. The van der Waals surface area contributed by atoms with Gasteiger partial charge in [0.1, 0.15) is 0 Å². The zero-order valence-electron chi connectivity index (χ0n) is 10.2.